The summed E-state index contributed by atoms with van der Waals surface area (Å²) in [6.07, 6.45) is 2.85. The minimum atomic E-state index is -0.397. The van der Waals surface area contributed by atoms with Crippen molar-refractivity contribution in [3.63, 3.8) is 0 Å². The number of nitrogens with one attached hydrogen (secondary N) is 1. The second-order valence-electron chi connectivity index (χ2n) is 3.96. The van der Waals surface area contributed by atoms with Crippen LogP contribution in [0.25, 0.3) is 0 Å². The molecular formula is C12H24N2O2. The number of rotatable bonds is 10. The molecule has 0 aromatic rings. The molecule has 0 aliphatic rings. The van der Waals surface area contributed by atoms with E-state index in [2.05, 4.69) is 11.4 Å². The van der Waals surface area contributed by atoms with Crippen molar-refractivity contribution in [2.24, 2.45) is 0 Å². The van der Waals surface area contributed by atoms with Crippen molar-refractivity contribution in [1.82, 2.24) is 5.32 Å². The normalized spacial score (nSPS) is 14.4. The summed E-state index contributed by atoms with van der Waals surface area (Å²) in [5.41, 5.74) is -0.397. The highest BCUT2D eigenvalue weighted by Crippen LogP contribution is 2.11. The molecule has 0 radical (unpaired) electrons. The van der Waals surface area contributed by atoms with Gasteiger partial charge in [0.25, 0.3) is 0 Å². The van der Waals surface area contributed by atoms with Crippen molar-refractivity contribution in [3.8, 4) is 6.07 Å². The number of hydrogen-bond donors (Lipinski definition) is 1. The van der Waals surface area contributed by atoms with Crippen molar-refractivity contribution in [3.05, 3.63) is 0 Å². The van der Waals surface area contributed by atoms with Crippen LogP contribution in [0.3, 0.4) is 0 Å². The molecule has 16 heavy (non-hydrogen) atoms. The Morgan fingerprint density at radius 1 is 1.19 bits per heavy atom. The summed E-state index contributed by atoms with van der Waals surface area (Å²) in [7, 11) is 1.82. The lowest BCUT2D eigenvalue weighted by molar-refractivity contribution is 0.0510. The molecule has 0 fully saturated rings. The third-order valence-electron chi connectivity index (χ3n) is 2.59. The Kier molecular flexibility index (Phi) is 9.21. The van der Waals surface area contributed by atoms with E-state index in [-0.39, 0.29) is 0 Å². The molecule has 0 aliphatic heterocycles. The zero-order valence-corrected chi connectivity index (χ0v) is 10.7. The van der Waals surface area contributed by atoms with Gasteiger partial charge in [0.2, 0.25) is 0 Å². The first-order valence-electron chi connectivity index (χ1n) is 5.94. The molecule has 1 unspecified atom stereocenters. The van der Waals surface area contributed by atoms with E-state index in [1.54, 1.807) is 0 Å². The summed E-state index contributed by atoms with van der Waals surface area (Å²) in [6, 6.07) is 2.27. The van der Waals surface area contributed by atoms with E-state index in [1.807, 2.05) is 20.9 Å². The van der Waals surface area contributed by atoms with Gasteiger partial charge in [-0.1, -0.05) is 0 Å². The van der Waals surface area contributed by atoms with Crippen LogP contribution in [-0.2, 0) is 9.47 Å². The lowest BCUT2D eigenvalue weighted by atomic mass is 9.97. The fourth-order valence-corrected chi connectivity index (χ4v) is 1.28. The first kappa shape index (κ1) is 15.4. The summed E-state index contributed by atoms with van der Waals surface area (Å²) in [5.74, 6) is 0. The van der Waals surface area contributed by atoms with Crippen molar-refractivity contribution in [2.45, 2.75) is 38.6 Å². The Hall–Kier alpha value is -0.630. The van der Waals surface area contributed by atoms with Gasteiger partial charge in [-0.3, -0.25) is 0 Å². The van der Waals surface area contributed by atoms with Gasteiger partial charge in [-0.05, 0) is 40.2 Å². The molecule has 1 N–H and O–H groups in total. The predicted molar refractivity (Wildman–Crippen MR) is 64.2 cm³/mol. The van der Waals surface area contributed by atoms with Gasteiger partial charge in [-0.25, -0.2) is 0 Å². The van der Waals surface area contributed by atoms with Gasteiger partial charge in [0.05, 0.1) is 19.3 Å². The van der Waals surface area contributed by atoms with E-state index in [1.165, 1.54) is 0 Å². The lowest BCUT2D eigenvalue weighted by Gasteiger charge is -2.20. The fraction of sp³-hybridized carbons (Fsp3) is 0.917. The van der Waals surface area contributed by atoms with E-state index in [9.17, 15) is 0 Å². The van der Waals surface area contributed by atoms with Crippen LogP contribution in [0.1, 0.15) is 33.1 Å². The molecule has 0 heterocycles. The summed E-state index contributed by atoms with van der Waals surface area (Å²) in [4.78, 5) is 0. The van der Waals surface area contributed by atoms with Crippen molar-refractivity contribution >= 4 is 0 Å². The van der Waals surface area contributed by atoms with Gasteiger partial charge in [0.1, 0.15) is 5.54 Å². The average molecular weight is 228 g/mol. The summed E-state index contributed by atoms with van der Waals surface area (Å²) in [6.45, 7) is 6.71. The first-order chi connectivity index (χ1) is 7.68. The van der Waals surface area contributed by atoms with E-state index < -0.39 is 5.54 Å². The maximum absolute atomic E-state index is 8.92. The molecule has 1 atom stereocenters. The summed E-state index contributed by atoms with van der Waals surface area (Å²) < 4.78 is 10.5. The SMILES string of the molecule is CCOCCOCCCCC(C)(C#N)NC. The largest absolute Gasteiger partial charge is 0.379 e. The number of hydrogen-bond acceptors (Lipinski definition) is 4. The van der Waals surface area contributed by atoms with Crippen LogP contribution in [0, 0.1) is 11.3 Å². The molecule has 0 amide bonds. The predicted octanol–water partition coefficient (Wildman–Crippen LogP) is 1.71. The molecule has 0 aromatic carbocycles. The van der Waals surface area contributed by atoms with Gasteiger partial charge in [-0.15, -0.1) is 0 Å². The van der Waals surface area contributed by atoms with E-state index >= 15 is 0 Å². The van der Waals surface area contributed by atoms with Crippen LogP contribution in [0.5, 0.6) is 0 Å². The molecule has 0 aliphatic carbocycles. The van der Waals surface area contributed by atoms with Crippen molar-refractivity contribution < 1.29 is 9.47 Å². The standard InChI is InChI=1S/C12H24N2O2/c1-4-15-9-10-16-8-6-5-7-12(2,11-13)14-3/h14H,4-10H2,1-3H3. The van der Waals surface area contributed by atoms with Crippen LogP contribution >= 0.6 is 0 Å². The molecular weight excluding hydrogens is 204 g/mol. The molecule has 0 spiro atoms. The van der Waals surface area contributed by atoms with Crippen LogP contribution in [-0.4, -0.2) is 39.0 Å². The van der Waals surface area contributed by atoms with E-state index in [0.717, 1.165) is 32.5 Å². The van der Waals surface area contributed by atoms with Crippen LogP contribution in [0.15, 0.2) is 0 Å². The molecule has 0 aromatic heterocycles. The lowest BCUT2D eigenvalue weighted by Crippen LogP contribution is -2.37. The third kappa shape index (κ3) is 7.63. The van der Waals surface area contributed by atoms with E-state index in [4.69, 9.17) is 14.7 Å². The second-order valence-corrected chi connectivity index (χ2v) is 3.96. The van der Waals surface area contributed by atoms with Gasteiger partial charge in [0, 0.05) is 13.2 Å². The van der Waals surface area contributed by atoms with Crippen LogP contribution in [0.2, 0.25) is 0 Å². The number of unbranched alkanes of at least 4 members (excludes halogenated alkanes) is 1. The summed E-state index contributed by atoms with van der Waals surface area (Å²) in [5, 5.41) is 11.9. The fourth-order valence-electron chi connectivity index (χ4n) is 1.28. The van der Waals surface area contributed by atoms with Crippen molar-refractivity contribution in [1.29, 1.82) is 5.26 Å². The minimum Gasteiger partial charge on any atom is -0.379 e. The van der Waals surface area contributed by atoms with Crippen molar-refractivity contribution in [2.75, 3.05) is 33.5 Å². The van der Waals surface area contributed by atoms with Crippen LogP contribution < -0.4 is 5.32 Å². The third-order valence-corrected chi connectivity index (χ3v) is 2.59. The maximum Gasteiger partial charge on any atom is 0.103 e. The molecule has 0 rings (SSSR count). The van der Waals surface area contributed by atoms with E-state index in [0.29, 0.717) is 13.2 Å². The topological polar surface area (TPSA) is 54.3 Å². The second kappa shape index (κ2) is 9.59. The Morgan fingerprint density at radius 2 is 1.88 bits per heavy atom. The zero-order valence-electron chi connectivity index (χ0n) is 10.7. The van der Waals surface area contributed by atoms with Gasteiger partial charge in [-0.2, -0.15) is 5.26 Å². The molecule has 4 nitrogen and oxygen atoms in total. The van der Waals surface area contributed by atoms with Gasteiger partial charge >= 0.3 is 0 Å². The number of ether oxygens (including phenoxy) is 2. The zero-order chi connectivity index (χ0) is 12.3. The molecule has 94 valence electrons. The summed E-state index contributed by atoms with van der Waals surface area (Å²) >= 11 is 0. The molecule has 0 saturated carbocycles. The smallest absolute Gasteiger partial charge is 0.103 e. The Morgan fingerprint density at radius 3 is 2.44 bits per heavy atom. The molecule has 4 heteroatoms. The highest BCUT2D eigenvalue weighted by Gasteiger charge is 2.19. The molecule has 0 saturated heterocycles. The quantitative estimate of drug-likeness (QED) is 0.578. The Bertz CT molecular complexity index is 204. The Balaban J connectivity index is 3.30. The average Bonchev–Trinajstić information content (AvgIpc) is 2.32. The maximum atomic E-state index is 8.92. The minimum absolute atomic E-state index is 0.397. The highest BCUT2D eigenvalue weighted by atomic mass is 16.5. The number of nitrogens with zero attached hydrogens (tertiary/aromatic N) is 1. The Labute approximate surface area is 98.9 Å². The monoisotopic (exact) mass is 228 g/mol. The first-order valence-corrected chi connectivity index (χ1v) is 5.94. The highest BCUT2D eigenvalue weighted by molar-refractivity contribution is 5.02. The van der Waals surface area contributed by atoms with Crippen LogP contribution in [0.4, 0.5) is 0 Å². The van der Waals surface area contributed by atoms with Gasteiger partial charge < -0.3 is 14.8 Å². The number of nitriles is 1. The van der Waals surface area contributed by atoms with Gasteiger partial charge in [0.15, 0.2) is 0 Å². The molecule has 0 bridgehead atoms.